The minimum Gasteiger partial charge on any atom is -0.375 e. The maximum Gasteiger partial charge on any atom is 0.225 e. The van der Waals surface area contributed by atoms with Gasteiger partial charge in [-0.15, -0.1) is 0 Å². The van der Waals surface area contributed by atoms with E-state index >= 15 is 0 Å². The van der Waals surface area contributed by atoms with Gasteiger partial charge in [0.15, 0.2) is 11.6 Å². The van der Waals surface area contributed by atoms with Gasteiger partial charge < -0.3 is 10.1 Å². The molecule has 1 aliphatic carbocycles. The summed E-state index contributed by atoms with van der Waals surface area (Å²) in [6, 6.07) is 6.75. The van der Waals surface area contributed by atoms with Gasteiger partial charge in [0.1, 0.15) is 0 Å². The second-order valence-electron chi connectivity index (χ2n) is 6.47. The van der Waals surface area contributed by atoms with Crippen molar-refractivity contribution in [3.8, 4) is 0 Å². The topological polar surface area (TPSA) is 72.5 Å². The zero-order valence-corrected chi connectivity index (χ0v) is 13.6. The largest absolute Gasteiger partial charge is 0.375 e. The first-order valence-electron chi connectivity index (χ1n) is 7.55. The predicted molar refractivity (Wildman–Crippen MR) is 86.5 cm³/mol. The van der Waals surface area contributed by atoms with E-state index in [-0.39, 0.29) is 30.7 Å². The molecule has 1 aliphatic rings. The predicted octanol–water partition coefficient (Wildman–Crippen LogP) is 2.17. The van der Waals surface area contributed by atoms with Crippen LogP contribution in [0.2, 0.25) is 0 Å². The number of carbonyl (C=O) groups is 3. The van der Waals surface area contributed by atoms with Crippen molar-refractivity contribution in [2.24, 2.45) is 5.41 Å². The number of amides is 1. The van der Waals surface area contributed by atoms with Crippen molar-refractivity contribution < 1.29 is 19.1 Å². The molecule has 0 atom stereocenters. The summed E-state index contributed by atoms with van der Waals surface area (Å²) in [7, 11) is 0. The highest BCUT2D eigenvalue weighted by molar-refractivity contribution is 6.24. The van der Waals surface area contributed by atoms with Crippen LogP contribution < -0.4 is 5.32 Å². The van der Waals surface area contributed by atoms with Crippen LogP contribution in [0.4, 0.5) is 0 Å². The van der Waals surface area contributed by atoms with Crippen molar-refractivity contribution in [2.75, 3.05) is 19.8 Å². The molecule has 1 aromatic rings. The molecule has 0 aliphatic heterocycles. The third kappa shape index (κ3) is 4.13. The number of nitrogens with one attached hydrogen (secondary N) is 1. The highest BCUT2D eigenvalue weighted by Gasteiger charge is 2.25. The highest BCUT2D eigenvalue weighted by Crippen LogP contribution is 2.21. The van der Waals surface area contributed by atoms with Gasteiger partial charge in [0.25, 0.3) is 0 Å². The number of carbonyl (C=O) groups excluding carboxylic acids is 3. The molecule has 0 unspecified atom stereocenters. The number of benzene rings is 1. The number of hydrogen-bond donors (Lipinski definition) is 1. The van der Waals surface area contributed by atoms with Crippen LogP contribution in [-0.2, 0) is 9.53 Å². The Morgan fingerprint density at radius 2 is 1.78 bits per heavy atom. The lowest BCUT2D eigenvalue weighted by Gasteiger charge is -2.18. The summed E-state index contributed by atoms with van der Waals surface area (Å²) in [6.07, 6.45) is 1.33. The quantitative estimate of drug-likeness (QED) is 0.845. The fraction of sp³-hybridized carbons (Fsp3) is 0.389. The number of fused-ring (bicyclic) bond motifs is 1. The van der Waals surface area contributed by atoms with Crippen molar-refractivity contribution >= 4 is 17.5 Å². The molecule has 1 amide bonds. The smallest absolute Gasteiger partial charge is 0.225 e. The monoisotopic (exact) mass is 315 g/mol. The second kappa shape index (κ2) is 6.87. The van der Waals surface area contributed by atoms with Crippen molar-refractivity contribution in [3.63, 3.8) is 0 Å². The number of ketones is 2. The molecular formula is C18H21NO4. The molecule has 1 N–H and O–H groups in total. The van der Waals surface area contributed by atoms with Crippen LogP contribution in [0.3, 0.4) is 0 Å². The van der Waals surface area contributed by atoms with E-state index in [0.29, 0.717) is 23.2 Å². The van der Waals surface area contributed by atoms with E-state index in [0.717, 1.165) is 0 Å². The van der Waals surface area contributed by atoms with Crippen LogP contribution in [0.1, 0.15) is 41.5 Å². The third-order valence-corrected chi connectivity index (χ3v) is 3.50. The molecule has 0 bridgehead atoms. The van der Waals surface area contributed by atoms with Crippen molar-refractivity contribution in [1.82, 2.24) is 5.32 Å². The summed E-state index contributed by atoms with van der Waals surface area (Å²) in [6.45, 7) is 6.20. The Labute approximate surface area is 135 Å². The molecule has 122 valence electrons. The van der Waals surface area contributed by atoms with Gasteiger partial charge in [0.2, 0.25) is 5.91 Å². The van der Waals surface area contributed by atoms with Gasteiger partial charge >= 0.3 is 0 Å². The van der Waals surface area contributed by atoms with E-state index in [4.69, 9.17) is 4.74 Å². The maximum atomic E-state index is 12.3. The SMILES string of the molecule is CC(C)(C)C(=O)NCCOCC1=CC(=O)c2ccccc2C1=O. The number of Topliss-reactive ketones (excluding diaryl/α,β-unsaturated/α-hetero) is 1. The molecule has 0 spiro atoms. The van der Waals surface area contributed by atoms with Crippen LogP contribution in [-0.4, -0.2) is 37.2 Å². The first-order chi connectivity index (χ1) is 10.8. The molecule has 1 aromatic carbocycles. The average molecular weight is 315 g/mol. The minimum absolute atomic E-state index is 0.0573. The normalized spacial score (nSPS) is 14.3. The van der Waals surface area contributed by atoms with Gasteiger partial charge in [-0.1, -0.05) is 45.0 Å². The van der Waals surface area contributed by atoms with Crippen molar-refractivity contribution in [2.45, 2.75) is 20.8 Å². The van der Waals surface area contributed by atoms with E-state index in [1.165, 1.54) is 6.08 Å². The van der Waals surface area contributed by atoms with Gasteiger partial charge in [-0.3, -0.25) is 14.4 Å². The van der Waals surface area contributed by atoms with E-state index in [1.807, 2.05) is 20.8 Å². The van der Waals surface area contributed by atoms with Crippen LogP contribution >= 0.6 is 0 Å². The lowest BCUT2D eigenvalue weighted by Crippen LogP contribution is -2.36. The lowest BCUT2D eigenvalue weighted by atomic mass is 9.90. The van der Waals surface area contributed by atoms with Gasteiger partial charge in [-0.05, 0) is 6.08 Å². The summed E-state index contributed by atoms with van der Waals surface area (Å²) < 4.78 is 5.41. The maximum absolute atomic E-state index is 12.3. The molecule has 0 aromatic heterocycles. The van der Waals surface area contributed by atoms with Crippen LogP contribution in [0, 0.1) is 5.41 Å². The number of hydrogen-bond acceptors (Lipinski definition) is 4. The van der Waals surface area contributed by atoms with E-state index in [2.05, 4.69) is 5.32 Å². The van der Waals surface area contributed by atoms with Gasteiger partial charge in [0.05, 0.1) is 13.2 Å². The molecule has 2 rings (SSSR count). The molecule has 0 fully saturated rings. The Balaban J connectivity index is 1.85. The average Bonchev–Trinajstić information content (AvgIpc) is 2.50. The van der Waals surface area contributed by atoms with Gasteiger partial charge in [-0.2, -0.15) is 0 Å². The summed E-state index contributed by atoms with van der Waals surface area (Å²) in [5, 5.41) is 2.76. The Morgan fingerprint density at radius 3 is 2.43 bits per heavy atom. The Kier molecular flexibility index (Phi) is 5.11. The zero-order chi connectivity index (χ0) is 17.0. The molecule has 5 heteroatoms. The lowest BCUT2D eigenvalue weighted by molar-refractivity contribution is -0.128. The number of ether oxygens (including phenoxy) is 1. The fourth-order valence-electron chi connectivity index (χ4n) is 2.16. The summed E-state index contributed by atoms with van der Waals surface area (Å²) >= 11 is 0. The van der Waals surface area contributed by atoms with E-state index in [9.17, 15) is 14.4 Å². The first kappa shape index (κ1) is 17.1. The number of allylic oxidation sites excluding steroid dienone is 1. The van der Waals surface area contributed by atoms with Crippen LogP contribution in [0.15, 0.2) is 35.9 Å². The number of rotatable bonds is 5. The van der Waals surface area contributed by atoms with Crippen LogP contribution in [0.25, 0.3) is 0 Å². The fourth-order valence-corrected chi connectivity index (χ4v) is 2.16. The molecule has 5 nitrogen and oxygen atoms in total. The molecular weight excluding hydrogens is 294 g/mol. The van der Waals surface area contributed by atoms with Gasteiger partial charge in [0, 0.05) is 28.7 Å². The minimum atomic E-state index is -0.446. The van der Waals surface area contributed by atoms with Crippen molar-refractivity contribution in [3.05, 3.63) is 47.0 Å². The molecule has 0 heterocycles. The summed E-state index contributed by atoms with van der Waals surface area (Å²) in [5.41, 5.74) is 0.743. The van der Waals surface area contributed by atoms with Crippen LogP contribution in [0.5, 0.6) is 0 Å². The second-order valence-corrected chi connectivity index (χ2v) is 6.47. The molecule has 23 heavy (non-hydrogen) atoms. The molecule has 0 radical (unpaired) electrons. The van der Waals surface area contributed by atoms with Crippen molar-refractivity contribution in [1.29, 1.82) is 0 Å². The zero-order valence-electron chi connectivity index (χ0n) is 13.6. The summed E-state index contributed by atoms with van der Waals surface area (Å²) in [5.74, 6) is -0.420. The van der Waals surface area contributed by atoms with E-state index < -0.39 is 5.41 Å². The Hall–Kier alpha value is -2.27. The third-order valence-electron chi connectivity index (χ3n) is 3.50. The Morgan fingerprint density at radius 1 is 1.13 bits per heavy atom. The standard InChI is InChI=1S/C18H21NO4/c1-18(2,3)17(22)19-8-9-23-11-12-10-15(20)13-6-4-5-7-14(13)16(12)21/h4-7,10H,8-9,11H2,1-3H3,(H,19,22). The summed E-state index contributed by atoms with van der Waals surface area (Å²) in [4.78, 5) is 36.0. The molecule has 0 saturated carbocycles. The first-order valence-corrected chi connectivity index (χ1v) is 7.55. The van der Waals surface area contributed by atoms with E-state index in [1.54, 1.807) is 24.3 Å². The highest BCUT2D eigenvalue weighted by atomic mass is 16.5. The molecule has 0 saturated heterocycles. The Bertz CT molecular complexity index is 668. The van der Waals surface area contributed by atoms with Gasteiger partial charge in [-0.25, -0.2) is 0 Å².